The van der Waals surface area contributed by atoms with Gasteiger partial charge in [0.1, 0.15) is 5.75 Å². The summed E-state index contributed by atoms with van der Waals surface area (Å²) in [5.41, 5.74) is 2.57. The second-order valence-corrected chi connectivity index (χ2v) is 6.40. The number of rotatable bonds is 8. The molecule has 0 unspecified atom stereocenters. The van der Waals surface area contributed by atoms with Crippen molar-refractivity contribution in [1.82, 2.24) is 15.5 Å². The molecule has 1 aromatic heterocycles. The Hall–Kier alpha value is -3.68. The van der Waals surface area contributed by atoms with Crippen LogP contribution < -0.4 is 15.4 Å². The van der Waals surface area contributed by atoms with Gasteiger partial charge >= 0.3 is 0 Å². The Morgan fingerprint density at radius 3 is 2.62 bits per heavy atom. The molecule has 150 valence electrons. The molecule has 1 heterocycles. The summed E-state index contributed by atoms with van der Waals surface area (Å²) in [6, 6.07) is 14.6. The number of nitrogens with one attached hydrogen (secondary N) is 2. The third-order valence-corrected chi connectivity index (χ3v) is 4.10. The minimum atomic E-state index is -0.232. The lowest BCUT2D eigenvalue weighted by molar-refractivity contribution is -0.122. The van der Waals surface area contributed by atoms with Crippen molar-refractivity contribution in [2.45, 2.75) is 19.8 Å². The molecular weight excluding hydrogens is 372 g/mol. The number of aromatic nitrogens is 2. The number of aryl methyl sites for hydroxylation is 2. The summed E-state index contributed by atoms with van der Waals surface area (Å²) in [5, 5.41) is 13.3. The van der Waals surface area contributed by atoms with Gasteiger partial charge in [-0.15, -0.1) is 10.2 Å². The van der Waals surface area contributed by atoms with E-state index in [-0.39, 0.29) is 24.8 Å². The second-order valence-electron chi connectivity index (χ2n) is 6.40. The third kappa shape index (κ3) is 5.90. The van der Waals surface area contributed by atoms with Crippen LogP contribution in [0.25, 0.3) is 11.5 Å². The first-order chi connectivity index (χ1) is 14.0. The van der Waals surface area contributed by atoms with Gasteiger partial charge in [0.15, 0.2) is 6.61 Å². The Bertz CT molecular complexity index is 982. The van der Waals surface area contributed by atoms with Crippen molar-refractivity contribution in [1.29, 1.82) is 0 Å². The SMILES string of the molecule is CNC(=O)COc1cccc(NC(=O)CCc2nnc(-c3ccc(C)cc3)o2)c1. The Labute approximate surface area is 168 Å². The average molecular weight is 394 g/mol. The summed E-state index contributed by atoms with van der Waals surface area (Å²) >= 11 is 0. The van der Waals surface area contributed by atoms with Gasteiger partial charge in [0, 0.05) is 37.2 Å². The zero-order chi connectivity index (χ0) is 20.6. The molecule has 0 radical (unpaired) electrons. The van der Waals surface area contributed by atoms with Crippen LogP contribution in [0.1, 0.15) is 17.9 Å². The molecule has 3 aromatic rings. The number of amides is 2. The maximum atomic E-state index is 12.2. The van der Waals surface area contributed by atoms with Gasteiger partial charge in [-0.1, -0.05) is 23.8 Å². The zero-order valence-corrected chi connectivity index (χ0v) is 16.3. The number of likely N-dealkylation sites (N-methyl/N-ethyl adjacent to an activating group) is 1. The van der Waals surface area contributed by atoms with E-state index in [9.17, 15) is 9.59 Å². The van der Waals surface area contributed by atoms with Gasteiger partial charge in [0.2, 0.25) is 17.7 Å². The average Bonchev–Trinajstić information content (AvgIpc) is 3.20. The second kappa shape index (κ2) is 9.50. The molecule has 0 aliphatic carbocycles. The first-order valence-corrected chi connectivity index (χ1v) is 9.16. The predicted molar refractivity (Wildman–Crippen MR) is 107 cm³/mol. The van der Waals surface area contributed by atoms with E-state index in [2.05, 4.69) is 20.8 Å². The van der Waals surface area contributed by atoms with Crippen molar-refractivity contribution in [2.24, 2.45) is 0 Å². The highest BCUT2D eigenvalue weighted by Crippen LogP contribution is 2.20. The fourth-order valence-electron chi connectivity index (χ4n) is 2.50. The number of ether oxygens (including phenoxy) is 1. The number of carbonyl (C=O) groups is 2. The summed E-state index contributed by atoms with van der Waals surface area (Å²) < 4.78 is 11.0. The van der Waals surface area contributed by atoms with Gasteiger partial charge in [-0.05, 0) is 31.2 Å². The van der Waals surface area contributed by atoms with Crippen LogP contribution in [0.4, 0.5) is 5.69 Å². The standard InChI is InChI=1S/C21H22N4O4/c1-14-6-8-15(9-7-14)21-25-24-20(29-21)11-10-18(26)23-16-4-3-5-17(12-16)28-13-19(27)22-2/h3-9,12H,10-11,13H2,1-2H3,(H,22,27)(H,23,26). The topological polar surface area (TPSA) is 106 Å². The summed E-state index contributed by atoms with van der Waals surface area (Å²) in [7, 11) is 1.54. The summed E-state index contributed by atoms with van der Waals surface area (Å²) in [6.45, 7) is 1.92. The van der Waals surface area contributed by atoms with E-state index in [1.54, 1.807) is 24.3 Å². The molecule has 0 spiro atoms. The van der Waals surface area contributed by atoms with Crippen molar-refractivity contribution in [3.05, 3.63) is 60.0 Å². The van der Waals surface area contributed by atoms with Crippen LogP contribution in [0.3, 0.4) is 0 Å². The lowest BCUT2D eigenvalue weighted by Crippen LogP contribution is -2.24. The van der Waals surface area contributed by atoms with Crippen molar-refractivity contribution in [3.63, 3.8) is 0 Å². The van der Waals surface area contributed by atoms with Gasteiger partial charge < -0.3 is 19.8 Å². The fourth-order valence-corrected chi connectivity index (χ4v) is 2.50. The van der Waals surface area contributed by atoms with E-state index in [1.807, 2.05) is 31.2 Å². The number of benzene rings is 2. The summed E-state index contributed by atoms with van der Waals surface area (Å²) in [6.07, 6.45) is 0.524. The van der Waals surface area contributed by atoms with E-state index < -0.39 is 0 Å². The molecule has 8 nitrogen and oxygen atoms in total. The number of anilines is 1. The number of hydrogen-bond acceptors (Lipinski definition) is 6. The van der Waals surface area contributed by atoms with Crippen LogP contribution in [0.15, 0.2) is 52.9 Å². The molecule has 2 N–H and O–H groups in total. The van der Waals surface area contributed by atoms with Crippen molar-refractivity contribution in [3.8, 4) is 17.2 Å². The van der Waals surface area contributed by atoms with Crippen LogP contribution in [0, 0.1) is 6.92 Å². The molecule has 8 heteroatoms. The Balaban J connectivity index is 1.51. The van der Waals surface area contributed by atoms with Crippen molar-refractivity contribution in [2.75, 3.05) is 19.0 Å². The largest absolute Gasteiger partial charge is 0.484 e. The van der Waals surface area contributed by atoms with Crippen molar-refractivity contribution >= 4 is 17.5 Å². The highest BCUT2D eigenvalue weighted by molar-refractivity contribution is 5.91. The van der Waals surface area contributed by atoms with Gasteiger partial charge in [0.25, 0.3) is 5.91 Å². The third-order valence-electron chi connectivity index (χ3n) is 4.10. The fraction of sp³-hybridized carbons (Fsp3) is 0.238. The van der Waals surface area contributed by atoms with E-state index in [4.69, 9.17) is 9.15 Å². The van der Waals surface area contributed by atoms with E-state index in [0.717, 1.165) is 11.1 Å². The molecule has 0 aliphatic heterocycles. The lowest BCUT2D eigenvalue weighted by Gasteiger charge is -2.08. The van der Waals surface area contributed by atoms with Gasteiger partial charge in [-0.25, -0.2) is 0 Å². The summed E-state index contributed by atoms with van der Waals surface area (Å²) in [4.78, 5) is 23.5. The lowest BCUT2D eigenvalue weighted by atomic mass is 10.1. The van der Waals surface area contributed by atoms with E-state index in [1.165, 1.54) is 7.05 Å². The predicted octanol–water partition coefficient (Wildman–Crippen LogP) is 2.74. The molecule has 2 aromatic carbocycles. The molecule has 2 amide bonds. The Kier molecular flexibility index (Phi) is 6.57. The van der Waals surface area contributed by atoms with Crippen LogP contribution in [0.5, 0.6) is 5.75 Å². The normalized spacial score (nSPS) is 10.4. The van der Waals surface area contributed by atoms with Crippen LogP contribution in [-0.2, 0) is 16.0 Å². The highest BCUT2D eigenvalue weighted by atomic mass is 16.5. The molecule has 0 saturated carbocycles. The van der Waals surface area contributed by atoms with Gasteiger partial charge in [0.05, 0.1) is 0 Å². The maximum absolute atomic E-state index is 12.2. The number of nitrogens with zero attached hydrogens (tertiary/aromatic N) is 2. The van der Waals surface area contributed by atoms with Crippen molar-refractivity contribution < 1.29 is 18.7 Å². The van der Waals surface area contributed by atoms with Gasteiger partial charge in [-0.3, -0.25) is 9.59 Å². The molecule has 0 aliphatic rings. The molecule has 0 fully saturated rings. The molecule has 3 rings (SSSR count). The molecule has 29 heavy (non-hydrogen) atoms. The monoisotopic (exact) mass is 394 g/mol. The van der Waals surface area contributed by atoms with Crippen LogP contribution in [-0.4, -0.2) is 35.7 Å². The van der Waals surface area contributed by atoms with Crippen LogP contribution in [0.2, 0.25) is 0 Å². The summed E-state index contributed by atoms with van der Waals surface area (Å²) in [5.74, 6) is 0.901. The minimum absolute atomic E-state index is 0.0889. The minimum Gasteiger partial charge on any atom is -0.484 e. The molecule has 0 bridgehead atoms. The van der Waals surface area contributed by atoms with Gasteiger partial charge in [-0.2, -0.15) is 0 Å². The highest BCUT2D eigenvalue weighted by Gasteiger charge is 2.11. The van der Waals surface area contributed by atoms with E-state index >= 15 is 0 Å². The first kappa shape index (κ1) is 20.1. The quantitative estimate of drug-likeness (QED) is 0.608. The number of carbonyl (C=O) groups excluding carboxylic acids is 2. The number of hydrogen-bond donors (Lipinski definition) is 2. The zero-order valence-electron chi connectivity index (χ0n) is 16.3. The Morgan fingerprint density at radius 1 is 1.07 bits per heavy atom. The smallest absolute Gasteiger partial charge is 0.257 e. The Morgan fingerprint density at radius 2 is 1.86 bits per heavy atom. The molecule has 0 atom stereocenters. The van der Waals surface area contributed by atoms with Crippen LogP contribution >= 0.6 is 0 Å². The maximum Gasteiger partial charge on any atom is 0.257 e. The molecular formula is C21H22N4O4. The first-order valence-electron chi connectivity index (χ1n) is 9.16. The van der Waals surface area contributed by atoms with E-state index in [0.29, 0.717) is 29.6 Å². The molecule has 0 saturated heterocycles.